The van der Waals surface area contributed by atoms with Crippen molar-refractivity contribution in [3.05, 3.63) is 69.3 Å². The number of pyridine rings is 1. The van der Waals surface area contributed by atoms with E-state index < -0.39 is 0 Å². The number of aryl methyl sites for hydroxylation is 2. The van der Waals surface area contributed by atoms with Gasteiger partial charge in [0.25, 0.3) is 5.91 Å². The van der Waals surface area contributed by atoms with Crippen LogP contribution in [-0.4, -0.2) is 15.9 Å². The zero-order valence-electron chi connectivity index (χ0n) is 14.1. The summed E-state index contributed by atoms with van der Waals surface area (Å²) in [5.74, 6) is 0.554. The lowest BCUT2D eigenvalue weighted by Crippen LogP contribution is -2.26. The summed E-state index contributed by atoms with van der Waals surface area (Å²) in [6.07, 6.45) is 3.50. The lowest BCUT2D eigenvalue weighted by Gasteiger charge is -2.13. The van der Waals surface area contributed by atoms with Crippen LogP contribution in [-0.2, 0) is 6.42 Å². The summed E-state index contributed by atoms with van der Waals surface area (Å²) in [5, 5.41) is 7.47. The summed E-state index contributed by atoms with van der Waals surface area (Å²) in [6, 6.07) is 11.9. The molecule has 1 aliphatic rings. The number of thiazole rings is 1. The highest BCUT2D eigenvalue weighted by Crippen LogP contribution is 2.32. The molecule has 5 nitrogen and oxygen atoms in total. The van der Waals surface area contributed by atoms with E-state index in [1.54, 1.807) is 18.3 Å². The Hall–Kier alpha value is -2.44. The second-order valence-electron chi connectivity index (χ2n) is 6.18. The normalized spacial score (nSPS) is 15.5. The lowest BCUT2D eigenvalue weighted by atomic mass is 10.1. The van der Waals surface area contributed by atoms with E-state index in [9.17, 15) is 4.79 Å². The summed E-state index contributed by atoms with van der Waals surface area (Å²) in [7, 11) is 0. The number of hydrogen-bond donors (Lipinski definition) is 2. The van der Waals surface area contributed by atoms with Crippen LogP contribution in [0.1, 0.15) is 39.0 Å². The Kier molecular flexibility index (Phi) is 4.61. The van der Waals surface area contributed by atoms with Crippen molar-refractivity contribution in [3.8, 4) is 0 Å². The van der Waals surface area contributed by atoms with Crippen LogP contribution in [0.3, 0.4) is 0 Å². The van der Waals surface area contributed by atoms with Gasteiger partial charge in [-0.3, -0.25) is 4.79 Å². The first-order valence-corrected chi connectivity index (χ1v) is 9.54. The standard InChI is InChI=1S/C19H17ClN4OS/c1-11-17(26-19(22-11)24-16-9-7-13(20)10-21-16)18(25)23-15-8-6-12-4-2-3-5-14(12)15/h2-5,7,9-10,15H,6,8H2,1H3,(H,23,25)(H,21,22,24)/t15-/m0/s1. The van der Waals surface area contributed by atoms with E-state index in [0.29, 0.717) is 26.5 Å². The van der Waals surface area contributed by atoms with Gasteiger partial charge >= 0.3 is 0 Å². The summed E-state index contributed by atoms with van der Waals surface area (Å²) in [6.45, 7) is 1.84. The smallest absolute Gasteiger partial charge is 0.263 e. The van der Waals surface area contributed by atoms with Crippen molar-refractivity contribution in [2.24, 2.45) is 0 Å². The van der Waals surface area contributed by atoms with Crippen LogP contribution in [0, 0.1) is 6.92 Å². The Bertz CT molecular complexity index is 954. The van der Waals surface area contributed by atoms with Crippen LogP contribution >= 0.6 is 22.9 Å². The summed E-state index contributed by atoms with van der Waals surface area (Å²) >= 11 is 7.17. The third kappa shape index (κ3) is 3.43. The highest BCUT2D eigenvalue weighted by atomic mass is 35.5. The number of aromatic nitrogens is 2. The molecule has 0 unspecified atom stereocenters. The number of anilines is 2. The zero-order valence-corrected chi connectivity index (χ0v) is 15.7. The van der Waals surface area contributed by atoms with Crippen molar-refractivity contribution < 1.29 is 4.79 Å². The van der Waals surface area contributed by atoms with Gasteiger partial charge in [0.2, 0.25) is 0 Å². The second-order valence-corrected chi connectivity index (χ2v) is 7.62. The Morgan fingerprint density at radius 1 is 1.27 bits per heavy atom. The van der Waals surface area contributed by atoms with Gasteiger partial charge in [0.1, 0.15) is 10.7 Å². The number of carbonyl (C=O) groups is 1. The number of nitrogens with one attached hydrogen (secondary N) is 2. The molecule has 0 fully saturated rings. The van der Waals surface area contributed by atoms with Gasteiger partial charge in [0, 0.05) is 6.20 Å². The average molecular weight is 385 g/mol. The van der Waals surface area contributed by atoms with Gasteiger partial charge in [-0.1, -0.05) is 47.2 Å². The Balaban J connectivity index is 1.49. The molecule has 0 spiro atoms. The second kappa shape index (κ2) is 7.05. The molecule has 4 rings (SSSR count). The third-order valence-corrected chi connectivity index (χ3v) is 5.70. The van der Waals surface area contributed by atoms with Gasteiger partial charge in [-0.05, 0) is 43.0 Å². The first-order valence-electron chi connectivity index (χ1n) is 8.35. The Labute approximate surface area is 160 Å². The van der Waals surface area contributed by atoms with Gasteiger partial charge in [-0.25, -0.2) is 9.97 Å². The fourth-order valence-electron chi connectivity index (χ4n) is 3.15. The van der Waals surface area contributed by atoms with Crippen LogP contribution in [0.2, 0.25) is 5.02 Å². The molecule has 1 atom stereocenters. The van der Waals surface area contributed by atoms with Crippen molar-refractivity contribution >= 4 is 39.8 Å². The predicted molar refractivity (Wildman–Crippen MR) is 104 cm³/mol. The molecular formula is C19H17ClN4OS. The zero-order chi connectivity index (χ0) is 18.1. The van der Waals surface area contributed by atoms with Crippen LogP contribution in [0.5, 0.6) is 0 Å². The molecular weight excluding hydrogens is 368 g/mol. The number of benzene rings is 1. The number of halogens is 1. The number of fused-ring (bicyclic) bond motifs is 1. The molecule has 0 radical (unpaired) electrons. The maximum Gasteiger partial charge on any atom is 0.263 e. The van der Waals surface area contributed by atoms with E-state index in [1.165, 1.54) is 22.5 Å². The van der Waals surface area contributed by atoms with Gasteiger partial charge in [0.05, 0.1) is 16.8 Å². The van der Waals surface area contributed by atoms with Crippen molar-refractivity contribution in [2.45, 2.75) is 25.8 Å². The fraction of sp³-hybridized carbons (Fsp3) is 0.211. The van der Waals surface area contributed by atoms with Crippen LogP contribution < -0.4 is 10.6 Å². The van der Waals surface area contributed by atoms with Gasteiger partial charge in [-0.15, -0.1) is 0 Å². The summed E-state index contributed by atoms with van der Waals surface area (Å²) in [4.78, 5) is 22.0. The van der Waals surface area contributed by atoms with Crippen molar-refractivity contribution in [1.82, 2.24) is 15.3 Å². The van der Waals surface area contributed by atoms with E-state index in [1.807, 2.05) is 19.1 Å². The van der Waals surface area contributed by atoms with Crippen molar-refractivity contribution in [1.29, 1.82) is 0 Å². The molecule has 1 aromatic carbocycles. The lowest BCUT2D eigenvalue weighted by molar-refractivity contribution is 0.0940. The topological polar surface area (TPSA) is 66.9 Å². The predicted octanol–water partition coefficient (Wildman–Crippen LogP) is 4.66. The maximum absolute atomic E-state index is 12.7. The van der Waals surface area contributed by atoms with E-state index >= 15 is 0 Å². The Morgan fingerprint density at radius 2 is 2.12 bits per heavy atom. The van der Waals surface area contributed by atoms with E-state index in [4.69, 9.17) is 11.6 Å². The maximum atomic E-state index is 12.7. The number of carbonyl (C=O) groups excluding carboxylic acids is 1. The molecule has 7 heteroatoms. The number of amides is 1. The van der Waals surface area contributed by atoms with Crippen LogP contribution in [0.25, 0.3) is 0 Å². The molecule has 3 aromatic rings. The monoisotopic (exact) mass is 384 g/mol. The number of hydrogen-bond acceptors (Lipinski definition) is 5. The molecule has 1 aliphatic carbocycles. The minimum absolute atomic E-state index is 0.0644. The highest BCUT2D eigenvalue weighted by Gasteiger charge is 2.25. The molecule has 0 saturated carbocycles. The average Bonchev–Trinajstić information content (AvgIpc) is 3.21. The number of rotatable bonds is 4. The summed E-state index contributed by atoms with van der Waals surface area (Å²) in [5.41, 5.74) is 3.23. The van der Waals surface area contributed by atoms with E-state index in [0.717, 1.165) is 12.8 Å². The first-order chi connectivity index (χ1) is 12.6. The Morgan fingerprint density at radius 3 is 2.92 bits per heavy atom. The largest absolute Gasteiger partial charge is 0.344 e. The minimum atomic E-state index is -0.0844. The molecule has 0 aliphatic heterocycles. The molecule has 2 heterocycles. The first kappa shape index (κ1) is 17.0. The van der Waals surface area contributed by atoms with Crippen molar-refractivity contribution in [2.75, 3.05) is 5.32 Å². The van der Waals surface area contributed by atoms with Gasteiger partial charge < -0.3 is 10.6 Å². The number of nitrogens with zero attached hydrogens (tertiary/aromatic N) is 2. The highest BCUT2D eigenvalue weighted by molar-refractivity contribution is 7.17. The molecule has 2 aromatic heterocycles. The van der Waals surface area contributed by atoms with Crippen LogP contribution in [0.4, 0.5) is 10.9 Å². The molecule has 132 valence electrons. The SMILES string of the molecule is Cc1nc(Nc2ccc(Cl)cn2)sc1C(=O)N[C@H]1CCc2ccccc21. The summed E-state index contributed by atoms with van der Waals surface area (Å²) < 4.78 is 0. The quantitative estimate of drug-likeness (QED) is 0.686. The molecule has 0 bridgehead atoms. The van der Waals surface area contributed by atoms with Gasteiger partial charge in [-0.2, -0.15) is 0 Å². The molecule has 2 N–H and O–H groups in total. The van der Waals surface area contributed by atoms with Crippen LogP contribution in [0.15, 0.2) is 42.6 Å². The van der Waals surface area contributed by atoms with E-state index in [-0.39, 0.29) is 11.9 Å². The van der Waals surface area contributed by atoms with Crippen molar-refractivity contribution in [3.63, 3.8) is 0 Å². The van der Waals surface area contributed by atoms with E-state index in [2.05, 4.69) is 32.7 Å². The fourth-order valence-corrected chi connectivity index (χ4v) is 4.14. The molecule has 0 saturated heterocycles. The molecule has 26 heavy (non-hydrogen) atoms. The molecule has 1 amide bonds. The minimum Gasteiger partial charge on any atom is -0.344 e. The van der Waals surface area contributed by atoms with Gasteiger partial charge in [0.15, 0.2) is 5.13 Å². The third-order valence-electron chi connectivity index (χ3n) is 4.40.